The highest BCUT2D eigenvalue weighted by Gasteiger charge is 2.22. The van der Waals surface area contributed by atoms with Crippen molar-refractivity contribution in [1.29, 1.82) is 0 Å². The van der Waals surface area contributed by atoms with Crippen molar-refractivity contribution in [3.63, 3.8) is 0 Å². The normalized spacial score (nSPS) is 10.9. The maximum Gasteiger partial charge on any atom is 0.259 e. The number of aryl methyl sites for hydroxylation is 2. The van der Waals surface area contributed by atoms with Crippen LogP contribution in [0.1, 0.15) is 28.5 Å². The summed E-state index contributed by atoms with van der Waals surface area (Å²) in [5, 5.41) is 0. The van der Waals surface area contributed by atoms with Crippen molar-refractivity contribution in [2.75, 3.05) is 25.2 Å². The summed E-state index contributed by atoms with van der Waals surface area (Å²) in [7, 11) is 1.76. The third-order valence-electron chi connectivity index (χ3n) is 5.34. The minimum atomic E-state index is -0.307. The van der Waals surface area contributed by atoms with E-state index in [-0.39, 0.29) is 11.7 Å². The Morgan fingerprint density at radius 2 is 1.73 bits per heavy atom. The van der Waals surface area contributed by atoms with Gasteiger partial charge in [0.05, 0.1) is 5.69 Å². The number of rotatable bonds is 8. The van der Waals surface area contributed by atoms with Crippen LogP contribution in [-0.4, -0.2) is 35.6 Å². The lowest BCUT2D eigenvalue weighted by atomic mass is 10.1. The van der Waals surface area contributed by atoms with Crippen LogP contribution in [-0.2, 0) is 6.42 Å². The van der Waals surface area contributed by atoms with E-state index in [9.17, 15) is 9.18 Å². The Kier molecular flexibility index (Phi) is 6.58. The van der Waals surface area contributed by atoms with Gasteiger partial charge in [-0.2, -0.15) is 0 Å². The van der Waals surface area contributed by atoms with E-state index in [2.05, 4.69) is 0 Å². The molecule has 0 saturated heterocycles. The molecule has 0 saturated carbocycles. The molecule has 170 valence electrons. The number of ether oxygens (including phenoxy) is 2. The molecule has 0 N–H and O–H groups in total. The first-order valence-corrected chi connectivity index (χ1v) is 10.8. The Morgan fingerprint density at radius 3 is 2.42 bits per heavy atom. The first kappa shape index (κ1) is 22.3. The van der Waals surface area contributed by atoms with Gasteiger partial charge in [-0.15, -0.1) is 0 Å². The Bertz CT molecular complexity index is 1250. The molecule has 0 bridgehead atoms. The second-order valence-corrected chi connectivity index (χ2v) is 7.68. The summed E-state index contributed by atoms with van der Waals surface area (Å²) in [6.45, 7) is 4.59. The van der Waals surface area contributed by atoms with Crippen LogP contribution in [0.25, 0.3) is 5.65 Å². The number of fused-ring (bicyclic) bond motifs is 1. The predicted molar refractivity (Wildman–Crippen MR) is 126 cm³/mol. The first-order valence-electron chi connectivity index (χ1n) is 10.8. The molecule has 0 spiro atoms. The molecule has 2 aromatic carbocycles. The minimum Gasteiger partial charge on any atom is -0.490 e. The van der Waals surface area contributed by atoms with E-state index in [0.717, 1.165) is 11.3 Å². The highest BCUT2D eigenvalue weighted by molar-refractivity contribution is 6.05. The van der Waals surface area contributed by atoms with Crippen LogP contribution >= 0.6 is 0 Å². The summed E-state index contributed by atoms with van der Waals surface area (Å²) < 4.78 is 26.4. The fourth-order valence-corrected chi connectivity index (χ4v) is 3.61. The Balaban J connectivity index is 1.53. The highest BCUT2D eigenvalue weighted by Crippen LogP contribution is 2.29. The minimum absolute atomic E-state index is 0.106. The molecule has 4 rings (SSSR count). The van der Waals surface area contributed by atoms with Crippen molar-refractivity contribution in [3.05, 3.63) is 89.5 Å². The monoisotopic (exact) mass is 447 g/mol. The quantitative estimate of drug-likeness (QED) is 0.354. The van der Waals surface area contributed by atoms with Gasteiger partial charge in [0.15, 0.2) is 11.4 Å². The van der Waals surface area contributed by atoms with Gasteiger partial charge in [-0.05, 0) is 61.9 Å². The summed E-state index contributed by atoms with van der Waals surface area (Å²) in [5.74, 6) is 1.47. The second-order valence-electron chi connectivity index (χ2n) is 7.68. The number of nitrogens with zero attached hydrogens (tertiary/aromatic N) is 3. The van der Waals surface area contributed by atoms with Gasteiger partial charge in [0.1, 0.15) is 30.6 Å². The molecule has 0 aliphatic heterocycles. The number of benzene rings is 2. The molecular weight excluding hydrogens is 421 g/mol. The van der Waals surface area contributed by atoms with Crippen LogP contribution in [0.3, 0.4) is 0 Å². The number of halogens is 1. The van der Waals surface area contributed by atoms with Crippen molar-refractivity contribution in [2.45, 2.75) is 20.3 Å². The van der Waals surface area contributed by atoms with Crippen LogP contribution in [0.5, 0.6) is 11.5 Å². The summed E-state index contributed by atoms with van der Waals surface area (Å²) in [4.78, 5) is 19.5. The van der Waals surface area contributed by atoms with Crippen LogP contribution in [0.15, 0.2) is 66.9 Å². The molecule has 0 fully saturated rings. The van der Waals surface area contributed by atoms with Gasteiger partial charge in [-0.3, -0.25) is 14.1 Å². The lowest BCUT2D eigenvalue weighted by Gasteiger charge is -2.18. The number of aromatic nitrogens is 2. The fraction of sp³-hybridized carbons (Fsp3) is 0.231. The van der Waals surface area contributed by atoms with Crippen LogP contribution < -0.4 is 14.4 Å². The van der Waals surface area contributed by atoms with Crippen LogP contribution in [0, 0.1) is 12.7 Å². The summed E-state index contributed by atoms with van der Waals surface area (Å²) in [6, 6.07) is 17.1. The van der Waals surface area contributed by atoms with E-state index in [0.29, 0.717) is 48.2 Å². The van der Waals surface area contributed by atoms with Gasteiger partial charge in [0.2, 0.25) is 0 Å². The number of hydrogen-bond acceptors (Lipinski definition) is 4. The lowest BCUT2D eigenvalue weighted by Crippen LogP contribution is -2.28. The molecule has 1 amide bonds. The predicted octanol–water partition coefficient (Wildman–Crippen LogP) is 5.08. The van der Waals surface area contributed by atoms with E-state index in [4.69, 9.17) is 14.5 Å². The number of pyridine rings is 1. The number of amides is 1. The van der Waals surface area contributed by atoms with E-state index in [1.54, 1.807) is 24.1 Å². The molecular formula is C26H26FN3O3. The zero-order valence-electron chi connectivity index (χ0n) is 18.9. The van der Waals surface area contributed by atoms with Gasteiger partial charge < -0.3 is 9.47 Å². The zero-order valence-corrected chi connectivity index (χ0v) is 18.9. The van der Waals surface area contributed by atoms with Gasteiger partial charge in [0.25, 0.3) is 5.91 Å². The third-order valence-corrected chi connectivity index (χ3v) is 5.34. The zero-order chi connectivity index (χ0) is 23.4. The van der Waals surface area contributed by atoms with Crippen molar-refractivity contribution in [3.8, 4) is 11.5 Å². The highest BCUT2D eigenvalue weighted by atomic mass is 19.1. The van der Waals surface area contributed by atoms with Gasteiger partial charge in [-0.25, -0.2) is 9.37 Å². The molecule has 4 aromatic rings. The Morgan fingerprint density at radius 1 is 1.03 bits per heavy atom. The summed E-state index contributed by atoms with van der Waals surface area (Å²) in [5.41, 5.74) is 3.15. The van der Waals surface area contributed by atoms with E-state index >= 15 is 0 Å². The first-order chi connectivity index (χ1) is 16.0. The van der Waals surface area contributed by atoms with Crippen LogP contribution in [0.4, 0.5) is 10.2 Å². The second kappa shape index (κ2) is 9.73. The maximum absolute atomic E-state index is 13.1. The van der Waals surface area contributed by atoms with Gasteiger partial charge in [0, 0.05) is 18.8 Å². The number of carbonyl (C=O) groups is 1. The van der Waals surface area contributed by atoms with Crippen molar-refractivity contribution >= 4 is 17.4 Å². The number of carbonyl (C=O) groups excluding carboxylic acids is 1. The number of hydrogen-bond donors (Lipinski definition) is 0. The molecule has 6 nitrogen and oxygen atoms in total. The standard InChI is InChI=1S/C26H26FN3O3/c1-4-22-25(29(3)26(31)19-9-7-18(2)8-10-19)30-15-5-6-23(24(30)28-22)33-17-16-32-21-13-11-20(27)12-14-21/h5-15H,4,16-17H2,1-3H3. The topological polar surface area (TPSA) is 56.1 Å². The molecule has 0 aliphatic carbocycles. The van der Waals surface area contributed by atoms with Gasteiger partial charge in [-0.1, -0.05) is 24.6 Å². The van der Waals surface area contributed by atoms with Crippen molar-refractivity contribution in [1.82, 2.24) is 9.38 Å². The lowest BCUT2D eigenvalue weighted by molar-refractivity contribution is 0.0992. The molecule has 0 aliphatic rings. The molecule has 7 heteroatoms. The van der Waals surface area contributed by atoms with Crippen molar-refractivity contribution < 1.29 is 18.7 Å². The summed E-state index contributed by atoms with van der Waals surface area (Å²) >= 11 is 0. The smallest absolute Gasteiger partial charge is 0.259 e. The molecule has 2 aromatic heterocycles. The third kappa shape index (κ3) is 4.82. The molecule has 0 radical (unpaired) electrons. The van der Waals surface area contributed by atoms with Gasteiger partial charge >= 0.3 is 0 Å². The fourth-order valence-electron chi connectivity index (χ4n) is 3.61. The SMILES string of the molecule is CCc1nc2c(OCCOc3ccc(F)cc3)cccn2c1N(C)C(=O)c1ccc(C)cc1. The average molecular weight is 448 g/mol. The Hall–Kier alpha value is -3.87. The molecule has 0 atom stereocenters. The largest absolute Gasteiger partial charge is 0.490 e. The molecule has 0 unspecified atom stereocenters. The van der Waals surface area contributed by atoms with E-state index in [1.807, 2.05) is 60.8 Å². The van der Waals surface area contributed by atoms with E-state index in [1.165, 1.54) is 12.1 Å². The number of imidazole rings is 1. The Labute approximate surface area is 192 Å². The molecule has 33 heavy (non-hydrogen) atoms. The van der Waals surface area contributed by atoms with Crippen molar-refractivity contribution in [2.24, 2.45) is 0 Å². The van der Waals surface area contributed by atoms with Crippen LogP contribution in [0.2, 0.25) is 0 Å². The maximum atomic E-state index is 13.1. The summed E-state index contributed by atoms with van der Waals surface area (Å²) in [6.07, 6.45) is 2.53. The molecule has 2 heterocycles. The number of anilines is 1. The van der Waals surface area contributed by atoms with E-state index < -0.39 is 0 Å². The average Bonchev–Trinajstić information content (AvgIpc) is 3.22.